The normalized spacial score (nSPS) is 24.1. The lowest BCUT2D eigenvalue weighted by molar-refractivity contribution is 0.0438. The number of halogens is 2. The maximum atomic E-state index is 12.4. The molecule has 0 bridgehead atoms. The Hall–Kier alpha value is -0.840. The second-order valence-electron chi connectivity index (χ2n) is 5.12. The summed E-state index contributed by atoms with van der Waals surface area (Å²) in [4.78, 5) is 18.0. The van der Waals surface area contributed by atoms with E-state index in [0.717, 1.165) is 6.42 Å². The number of hydrogen-bond donors (Lipinski definition) is 1. The van der Waals surface area contributed by atoms with Gasteiger partial charge in [0.2, 0.25) is 0 Å². The van der Waals surface area contributed by atoms with Crippen LogP contribution in [-0.2, 0) is 0 Å². The third-order valence-corrected chi connectivity index (χ3v) is 3.89. The average Bonchev–Trinajstić information content (AvgIpc) is 2.49. The highest BCUT2D eigenvalue weighted by molar-refractivity contribution is 6.34. The second-order valence-corrected chi connectivity index (χ2v) is 5.86. The zero-order chi connectivity index (χ0) is 14.0. The molecule has 1 aromatic rings. The molecule has 2 heterocycles. The number of aromatic nitrogens is 1. The zero-order valence-electron chi connectivity index (χ0n) is 10.7. The number of nitrogens with zero attached hydrogens (tertiary/aromatic N) is 2. The largest absolute Gasteiger partial charge is 0.390 e. The third kappa shape index (κ3) is 3.59. The van der Waals surface area contributed by atoms with Gasteiger partial charge < -0.3 is 10.0 Å². The Balaban J connectivity index is 2.15. The molecule has 0 spiro atoms. The molecular weight excluding hydrogens is 287 g/mol. The monoisotopic (exact) mass is 302 g/mol. The molecule has 0 aromatic carbocycles. The molecule has 2 rings (SSSR count). The fourth-order valence-corrected chi connectivity index (χ4v) is 2.63. The molecular formula is C13H16Cl2N2O2. The molecule has 104 valence electrons. The van der Waals surface area contributed by atoms with Crippen LogP contribution in [0, 0.1) is 0 Å². The molecule has 1 atom stereocenters. The summed E-state index contributed by atoms with van der Waals surface area (Å²) in [5.74, 6) is -0.160. The van der Waals surface area contributed by atoms with Gasteiger partial charge in [0.25, 0.3) is 5.91 Å². The fourth-order valence-electron chi connectivity index (χ4n) is 2.21. The number of pyridine rings is 1. The molecule has 1 unspecified atom stereocenters. The van der Waals surface area contributed by atoms with Gasteiger partial charge >= 0.3 is 0 Å². The highest BCUT2D eigenvalue weighted by Gasteiger charge is 2.28. The summed E-state index contributed by atoms with van der Waals surface area (Å²) in [6.07, 6.45) is 2.04. The van der Waals surface area contributed by atoms with Gasteiger partial charge in [-0.3, -0.25) is 4.79 Å². The van der Waals surface area contributed by atoms with Crippen molar-refractivity contribution in [3.63, 3.8) is 0 Å². The summed E-state index contributed by atoms with van der Waals surface area (Å²) >= 11 is 11.7. The van der Waals surface area contributed by atoms with Crippen molar-refractivity contribution < 1.29 is 9.90 Å². The first-order valence-corrected chi connectivity index (χ1v) is 6.98. The van der Waals surface area contributed by atoms with Gasteiger partial charge in [0.1, 0.15) is 10.3 Å². The van der Waals surface area contributed by atoms with Crippen molar-refractivity contribution in [1.29, 1.82) is 0 Å². The van der Waals surface area contributed by atoms with Crippen molar-refractivity contribution in [2.75, 3.05) is 13.1 Å². The minimum absolute atomic E-state index is 0.119. The van der Waals surface area contributed by atoms with Gasteiger partial charge in [-0.1, -0.05) is 23.2 Å². The second kappa shape index (κ2) is 5.65. The lowest BCUT2D eigenvalue weighted by Gasteiger charge is -2.22. The minimum atomic E-state index is -0.697. The van der Waals surface area contributed by atoms with Crippen molar-refractivity contribution in [1.82, 2.24) is 9.88 Å². The van der Waals surface area contributed by atoms with Gasteiger partial charge in [-0.25, -0.2) is 4.98 Å². The molecule has 19 heavy (non-hydrogen) atoms. The van der Waals surface area contributed by atoms with Gasteiger partial charge in [-0.05, 0) is 38.3 Å². The van der Waals surface area contributed by atoms with E-state index >= 15 is 0 Å². The van der Waals surface area contributed by atoms with Gasteiger partial charge in [0, 0.05) is 13.1 Å². The van der Waals surface area contributed by atoms with Crippen molar-refractivity contribution in [3.8, 4) is 0 Å². The van der Waals surface area contributed by atoms with E-state index in [2.05, 4.69) is 4.98 Å². The number of likely N-dealkylation sites (tertiary alicyclic amines) is 1. The Kier molecular flexibility index (Phi) is 4.33. The fraction of sp³-hybridized carbons (Fsp3) is 0.538. The zero-order valence-corrected chi connectivity index (χ0v) is 12.2. The maximum absolute atomic E-state index is 12.4. The van der Waals surface area contributed by atoms with Crippen LogP contribution in [0.15, 0.2) is 12.1 Å². The first-order chi connectivity index (χ1) is 8.89. The number of carbonyl (C=O) groups excluding carboxylic acids is 1. The summed E-state index contributed by atoms with van der Waals surface area (Å²) in [5, 5.41) is 10.4. The highest BCUT2D eigenvalue weighted by Crippen LogP contribution is 2.24. The van der Waals surface area contributed by atoms with Crippen molar-refractivity contribution in [2.24, 2.45) is 0 Å². The van der Waals surface area contributed by atoms with Crippen LogP contribution in [0.2, 0.25) is 10.3 Å². The topological polar surface area (TPSA) is 53.4 Å². The molecule has 1 aliphatic rings. The lowest BCUT2D eigenvalue weighted by atomic mass is 9.98. The third-order valence-electron chi connectivity index (χ3n) is 3.40. The molecule has 1 saturated heterocycles. The van der Waals surface area contributed by atoms with Crippen LogP contribution < -0.4 is 0 Å². The van der Waals surface area contributed by atoms with E-state index in [1.165, 1.54) is 0 Å². The van der Waals surface area contributed by atoms with Gasteiger partial charge in [-0.15, -0.1) is 0 Å². The Bertz CT molecular complexity index is 492. The first-order valence-electron chi connectivity index (χ1n) is 6.23. The molecule has 1 aliphatic heterocycles. The van der Waals surface area contributed by atoms with Crippen molar-refractivity contribution in [3.05, 3.63) is 28.0 Å². The Morgan fingerprint density at radius 3 is 2.79 bits per heavy atom. The molecule has 6 heteroatoms. The van der Waals surface area contributed by atoms with Gasteiger partial charge in [0.15, 0.2) is 0 Å². The predicted octanol–water partition coefficient (Wildman–Crippen LogP) is 2.77. The van der Waals surface area contributed by atoms with E-state index in [1.54, 1.807) is 24.0 Å². The SMILES string of the molecule is CC1(O)CCCN(C(=O)c2ccc(Cl)nc2Cl)CC1. The molecule has 0 aliphatic carbocycles. The molecule has 1 amide bonds. The van der Waals surface area contributed by atoms with Crippen LogP contribution in [0.4, 0.5) is 0 Å². The van der Waals surface area contributed by atoms with Crippen molar-refractivity contribution >= 4 is 29.1 Å². The smallest absolute Gasteiger partial charge is 0.256 e. The average molecular weight is 303 g/mol. The summed E-state index contributed by atoms with van der Waals surface area (Å²) in [5.41, 5.74) is -0.343. The Labute approximate surface area is 122 Å². The molecule has 1 fully saturated rings. The minimum Gasteiger partial charge on any atom is -0.390 e. The van der Waals surface area contributed by atoms with Crippen LogP contribution in [0.25, 0.3) is 0 Å². The molecule has 0 saturated carbocycles. The predicted molar refractivity (Wildman–Crippen MR) is 74.6 cm³/mol. The van der Waals surface area contributed by atoms with Crippen LogP contribution in [-0.4, -0.2) is 39.6 Å². The first kappa shape index (κ1) is 14.6. The van der Waals surface area contributed by atoms with E-state index in [1.807, 2.05) is 0 Å². The number of rotatable bonds is 1. The summed E-state index contributed by atoms with van der Waals surface area (Å²) in [6.45, 7) is 2.94. The lowest BCUT2D eigenvalue weighted by Crippen LogP contribution is -2.33. The van der Waals surface area contributed by atoms with Crippen LogP contribution >= 0.6 is 23.2 Å². The Morgan fingerprint density at radius 2 is 2.11 bits per heavy atom. The van der Waals surface area contributed by atoms with Gasteiger partial charge in [-0.2, -0.15) is 0 Å². The summed E-state index contributed by atoms with van der Waals surface area (Å²) < 4.78 is 0. The van der Waals surface area contributed by atoms with Crippen LogP contribution in [0.1, 0.15) is 36.5 Å². The molecule has 1 N–H and O–H groups in total. The number of amides is 1. The Morgan fingerprint density at radius 1 is 1.37 bits per heavy atom. The van der Waals surface area contributed by atoms with Gasteiger partial charge in [0.05, 0.1) is 11.2 Å². The maximum Gasteiger partial charge on any atom is 0.256 e. The van der Waals surface area contributed by atoms with Crippen LogP contribution in [0.3, 0.4) is 0 Å². The highest BCUT2D eigenvalue weighted by atomic mass is 35.5. The molecule has 4 nitrogen and oxygen atoms in total. The standard InChI is InChI=1S/C13H16Cl2N2O2/c1-13(19)5-2-7-17(8-6-13)12(18)9-3-4-10(14)16-11(9)15/h3-4,19H,2,5-8H2,1H3. The van der Waals surface area contributed by atoms with E-state index in [9.17, 15) is 9.90 Å². The molecule has 0 radical (unpaired) electrons. The molecule has 1 aromatic heterocycles. The number of aliphatic hydroxyl groups is 1. The summed E-state index contributed by atoms with van der Waals surface area (Å²) in [6, 6.07) is 3.14. The van der Waals surface area contributed by atoms with E-state index in [-0.39, 0.29) is 16.2 Å². The number of carbonyl (C=O) groups is 1. The number of hydrogen-bond acceptors (Lipinski definition) is 3. The van der Waals surface area contributed by atoms with E-state index in [0.29, 0.717) is 31.5 Å². The summed E-state index contributed by atoms with van der Waals surface area (Å²) in [7, 11) is 0. The van der Waals surface area contributed by atoms with Crippen molar-refractivity contribution in [2.45, 2.75) is 31.8 Å². The quantitative estimate of drug-likeness (QED) is 0.812. The van der Waals surface area contributed by atoms with E-state index in [4.69, 9.17) is 23.2 Å². The van der Waals surface area contributed by atoms with E-state index < -0.39 is 5.60 Å². The van der Waals surface area contributed by atoms with Crippen LogP contribution in [0.5, 0.6) is 0 Å².